The molecule has 0 radical (unpaired) electrons. The van der Waals surface area contributed by atoms with Gasteiger partial charge in [-0.2, -0.15) is 0 Å². The van der Waals surface area contributed by atoms with Gasteiger partial charge in [-0.3, -0.25) is 0 Å². The Morgan fingerprint density at radius 1 is 0.944 bits per heavy atom. The van der Waals surface area contributed by atoms with Crippen LogP contribution in [-0.2, 0) is 0 Å². The second-order valence-electron chi connectivity index (χ2n) is 4.22. The van der Waals surface area contributed by atoms with E-state index in [1.165, 1.54) is 11.1 Å². The van der Waals surface area contributed by atoms with Crippen LogP contribution in [0.3, 0.4) is 0 Å². The highest BCUT2D eigenvalue weighted by atomic mass is 14.9. The molecule has 0 heterocycles. The van der Waals surface area contributed by atoms with E-state index in [1.807, 2.05) is 12.1 Å². The molecule has 0 aromatic heterocycles. The van der Waals surface area contributed by atoms with Crippen LogP contribution < -0.4 is 5.32 Å². The smallest absolute Gasteiger partial charge is 0.0509 e. The Bertz CT molecular complexity index is 473. The average molecular weight is 237 g/mol. The molecule has 0 saturated heterocycles. The van der Waals surface area contributed by atoms with Gasteiger partial charge in [-0.05, 0) is 17.7 Å². The predicted molar refractivity (Wildman–Crippen MR) is 78.3 cm³/mol. The number of nitrogens with one attached hydrogen (secondary N) is 1. The molecule has 0 bridgehead atoms. The molecule has 2 aromatic rings. The topological polar surface area (TPSA) is 12.0 Å². The summed E-state index contributed by atoms with van der Waals surface area (Å²) in [6.45, 7) is 3.09. The zero-order chi connectivity index (χ0) is 12.6. The van der Waals surface area contributed by atoms with Gasteiger partial charge in [0.2, 0.25) is 0 Å². The van der Waals surface area contributed by atoms with Crippen molar-refractivity contribution < 1.29 is 0 Å². The molecule has 0 spiro atoms. The normalized spacial score (nSPS) is 12.7. The lowest BCUT2D eigenvalue weighted by Crippen LogP contribution is -2.18. The Morgan fingerprint density at radius 2 is 1.56 bits per heavy atom. The molecule has 2 aromatic carbocycles. The Hall–Kier alpha value is -1.86. The quantitative estimate of drug-likeness (QED) is 0.827. The van der Waals surface area contributed by atoms with Gasteiger partial charge in [0.05, 0.1) is 6.04 Å². The molecule has 1 N–H and O–H groups in total. The SMILES string of the molecule is CCNC(/C=C/c1ccccc1)c1ccccc1. The highest BCUT2D eigenvalue weighted by molar-refractivity contribution is 5.50. The highest BCUT2D eigenvalue weighted by Crippen LogP contribution is 2.15. The molecule has 0 amide bonds. The fourth-order valence-corrected chi connectivity index (χ4v) is 1.95. The lowest BCUT2D eigenvalue weighted by atomic mass is 10.1. The number of rotatable bonds is 5. The predicted octanol–water partition coefficient (Wildman–Crippen LogP) is 4.05. The van der Waals surface area contributed by atoms with Gasteiger partial charge in [-0.25, -0.2) is 0 Å². The standard InChI is InChI=1S/C17H19N/c1-2-18-17(16-11-7-4-8-12-16)14-13-15-9-5-3-6-10-15/h3-14,17-18H,2H2,1H3/b14-13+. The second-order valence-corrected chi connectivity index (χ2v) is 4.22. The average Bonchev–Trinajstić information content (AvgIpc) is 2.45. The lowest BCUT2D eigenvalue weighted by molar-refractivity contribution is 0.650. The van der Waals surface area contributed by atoms with Crippen LogP contribution in [0.25, 0.3) is 6.08 Å². The third kappa shape index (κ3) is 3.57. The van der Waals surface area contributed by atoms with Gasteiger partial charge >= 0.3 is 0 Å². The number of likely N-dealkylation sites (N-methyl/N-ethyl adjacent to an activating group) is 1. The van der Waals surface area contributed by atoms with Crippen LogP contribution in [0, 0.1) is 0 Å². The summed E-state index contributed by atoms with van der Waals surface area (Å²) in [6, 6.07) is 21.2. The minimum absolute atomic E-state index is 0.274. The maximum Gasteiger partial charge on any atom is 0.0509 e. The van der Waals surface area contributed by atoms with Crippen LogP contribution >= 0.6 is 0 Å². The monoisotopic (exact) mass is 237 g/mol. The van der Waals surface area contributed by atoms with Crippen LogP contribution in [0.1, 0.15) is 24.1 Å². The van der Waals surface area contributed by atoms with E-state index in [-0.39, 0.29) is 6.04 Å². The third-order valence-electron chi connectivity index (χ3n) is 2.86. The summed E-state index contributed by atoms with van der Waals surface area (Å²) in [5.41, 5.74) is 2.53. The van der Waals surface area contributed by atoms with Crippen molar-refractivity contribution in [2.24, 2.45) is 0 Å². The van der Waals surface area contributed by atoms with Gasteiger partial charge in [0.15, 0.2) is 0 Å². The van der Waals surface area contributed by atoms with E-state index in [0.717, 1.165) is 6.54 Å². The Balaban J connectivity index is 2.14. The van der Waals surface area contributed by atoms with E-state index in [1.54, 1.807) is 0 Å². The molecular formula is C17H19N. The van der Waals surface area contributed by atoms with Crippen LogP contribution in [0.15, 0.2) is 66.7 Å². The van der Waals surface area contributed by atoms with E-state index in [0.29, 0.717) is 0 Å². The van der Waals surface area contributed by atoms with Crippen molar-refractivity contribution in [3.63, 3.8) is 0 Å². The van der Waals surface area contributed by atoms with Crippen molar-refractivity contribution in [1.29, 1.82) is 0 Å². The van der Waals surface area contributed by atoms with Crippen molar-refractivity contribution in [1.82, 2.24) is 5.32 Å². The van der Waals surface area contributed by atoms with Crippen molar-refractivity contribution >= 4 is 6.08 Å². The highest BCUT2D eigenvalue weighted by Gasteiger charge is 2.04. The largest absolute Gasteiger partial charge is 0.307 e. The Kier molecular flexibility index (Phi) is 4.74. The van der Waals surface area contributed by atoms with E-state index in [4.69, 9.17) is 0 Å². The van der Waals surface area contributed by atoms with Crippen molar-refractivity contribution in [2.75, 3.05) is 6.54 Å². The van der Waals surface area contributed by atoms with E-state index >= 15 is 0 Å². The molecule has 0 aliphatic carbocycles. The summed E-state index contributed by atoms with van der Waals surface area (Å²) in [5.74, 6) is 0. The van der Waals surface area contributed by atoms with E-state index in [9.17, 15) is 0 Å². The van der Waals surface area contributed by atoms with Crippen LogP contribution in [0.4, 0.5) is 0 Å². The molecule has 1 unspecified atom stereocenters. The van der Waals surface area contributed by atoms with Crippen molar-refractivity contribution in [3.8, 4) is 0 Å². The summed E-state index contributed by atoms with van der Waals surface area (Å²) in [6.07, 6.45) is 4.38. The molecular weight excluding hydrogens is 218 g/mol. The zero-order valence-corrected chi connectivity index (χ0v) is 10.7. The lowest BCUT2D eigenvalue weighted by Gasteiger charge is -2.14. The van der Waals surface area contributed by atoms with Crippen LogP contribution in [-0.4, -0.2) is 6.54 Å². The second kappa shape index (κ2) is 6.77. The summed E-state index contributed by atoms with van der Waals surface area (Å²) in [5, 5.41) is 3.48. The van der Waals surface area contributed by atoms with Gasteiger partial charge in [0.1, 0.15) is 0 Å². The molecule has 1 atom stereocenters. The molecule has 18 heavy (non-hydrogen) atoms. The first-order valence-corrected chi connectivity index (χ1v) is 6.41. The molecule has 0 saturated carbocycles. The van der Waals surface area contributed by atoms with Crippen molar-refractivity contribution in [3.05, 3.63) is 77.9 Å². The van der Waals surface area contributed by atoms with Gasteiger partial charge in [-0.15, -0.1) is 0 Å². The maximum absolute atomic E-state index is 3.48. The Morgan fingerprint density at radius 3 is 2.17 bits per heavy atom. The molecule has 1 heteroatoms. The van der Waals surface area contributed by atoms with Gasteiger partial charge < -0.3 is 5.32 Å². The Labute approximate surface area is 109 Å². The first kappa shape index (κ1) is 12.6. The fraction of sp³-hybridized carbons (Fsp3) is 0.176. The maximum atomic E-state index is 3.48. The van der Waals surface area contributed by atoms with E-state index in [2.05, 4.69) is 72.9 Å². The zero-order valence-electron chi connectivity index (χ0n) is 10.7. The minimum Gasteiger partial charge on any atom is -0.307 e. The van der Waals surface area contributed by atoms with E-state index < -0.39 is 0 Å². The molecule has 1 nitrogen and oxygen atoms in total. The molecule has 0 fully saturated rings. The fourth-order valence-electron chi connectivity index (χ4n) is 1.95. The summed E-state index contributed by atoms with van der Waals surface area (Å²) >= 11 is 0. The number of benzene rings is 2. The first-order valence-electron chi connectivity index (χ1n) is 6.41. The third-order valence-corrected chi connectivity index (χ3v) is 2.86. The minimum atomic E-state index is 0.274. The molecule has 0 aliphatic heterocycles. The first-order chi connectivity index (χ1) is 8.90. The van der Waals surface area contributed by atoms with Crippen molar-refractivity contribution in [2.45, 2.75) is 13.0 Å². The molecule has 92 valence electrons. The summed E-state index contributed by atoms with van der Waals surface area (Å²) < 4.78 is 0. The number of hydrogen-bond acceptors (Lipinski definition) is 1. The van der Waals surface area contributed by atoms with Crippen LogP contribution in [0.2, 0.25) is 0 Å². The van der Waals surface area contributed by atoms with Gasteiger partial charge in [0, 0.05) is 0 Å². The molecule has 2 rings (SSSR count). The van der Waals surface area contributed by atoms with Crippen LogP contribution in [0.5, 0.6) is 0 Å². The summed E-state index contributed by atoms with van der Waals surface area (Å²) in [4.78, 5) is 0. The summed E-state index contributed by atoms with van der Waals surface area (Å²) in [7, 11) is 0. The van der Waals surface area contributed by atoms with Gasteiger partial charge in [-0.1, -0.05) is 79.7 Å². The molecule has 0 aliphatic rings. The van der Waals surface area contributed by atoms with Gasteiger partial charge in [0.25, 0.3) is 0 Å². The number of hydrogen-bond donors (Lipinski definition) is 1.